The summed E-state index contributed by atoms with van der Waals surface area (Å²) in [4.78, 5) is 42.8. The Morgan fingerprint density at radius 3 is 2.41 bits per heavy atom. The van der Waals surface area contributed by atoms with Crippen molar-refractivity contribution in [3.8, 4) is 5.75 Å². The number of imide groups is 1. The first kappa shape index (κ1) is 19.0. The molecule has 2 aliphatic heterocycles. The number of benzene rings is 2. The minimum absolute atomic E-state index is 0.0444. The smallest absolute Gasteiger partial charge is 0.332 e. The number of nitrogens with zero attached hydrogens (tertiary/aromatic N) is 3. The summed E-state index contributed by atoms with van der Waals surface area (Å²) >= 11 is 0. The van der Waals surface area contributed by atoms with E-state index in [1.54, 1.807) is 65.4 Å². The number of hydrogen-bond donors (Lipinski definition) is 0. The van der Waals surface area contributed by atoms with Gasteiger partial charge in [-0.05, 0) is 43.2 Å². The fourth-order valence-electron chi connectivity index (χ4n) is 3.96. The van der Waals surface area contributed by atoms with Crippen LogP contribution >= 0.6 is 0 Å². The summed E-state index contributed by atoms with van der Waals surface area (Å²) in [6, 6.07) is 15.8. The third kappa shape index (κ3) is 3.68. The number of likely N-dealkylation sites (tertiary alicyclic amines) is 1. The molecule has 2 aliphatic rings. The maximum Gasteiger partial charge on any atom is 0.332 e. The maximum atomic E-state index is 12.9. The molecule has 2 saturated heterocycles. The summed E-state index contributed by atoms with van der Waals surface area (Å²) in [5.74, 6) is 0.390. The number of piperidine rings is 1. The summed E-state index contributed by atoms with van der Waals surface area (Å²) < 4.78 is 5.19. The van der Waals surface area contributed by atoms with E-state index in [9.17, 15) is 14.4 Å². The number of hydrogen-bond acceptors (Lipinski definition) is 4. The molecule has 2 heterocycles. The molecule has 7 heteroatoms. The molecule has 0 spiro atoms. The summed E-state index contributed by atoms with van der Waals surface area (Å²) in [6.45, 7) is 1.18. The number of carbonyl (C=O) groups excluding carboxylic acids is 3. The summed E-state index contributed by atoms with van der Waals surface area (Å²) in [5, 5.41) is 0. The van der Waals surface area contributed by atoms with E-state index in [-0.39, 0.29) is 30.4 Å². The highest BCUT2D eigenvalue weighted by molar-refractivity contribution is 6.19. The molecule has 150 valence electrons. The molecule has 7 nitrogen and oxygen atoms in total. The minimum atomic E-state index is -0.279. The fraction of sp³-hybridized carbons (Fsp3) is 0.318. The summed E-state index contributed by atoms with van der Waals surface area (Å²) in [6.07, 6.45) is 1.30. The second-order valence-corrected chi connectivity index (χ2v) is 7.23. The monoisotopic (exact) mass is 393 g/mol. The van der Waals surface area contributed by atoms with Crippen molar-refractivity contribution in [1.82, 2.24) is 9.80 Å². The van der Waals surface area contributed by atoms with Crippen LogP contribution in [0.3, 0.4) is 0 Å². The Labute approximate surface area is 169 Å². The molecule has 2 fully saturated rings. The van der Waals surface area contributed by atoms with Gasteiger partial charge in [0.05, 0.1) is 12.8 Å². The largest absolute Gasteiger partial charge is 0.497 e. The molecule has 0 atom stereocenters. The Bertz CT molecular complexity index is 923. The van der Waals surface area contributed by atoms with Crippen LogP contribution < -0.4 is 9.64 Å². The van der Waals surface area contributed by atoms with Gasteiger partial charge < -0.3 is 14.5 Å². The fourth-order valence-corrected chi connectivity index (χ4v) is 3.96. The van der Waals surface area contributed by atoms with Crippen LogP contribution in [0.15, 0.2) is 54.6 Å². The molecule has 2 aromatic rings. The van der Waals surface area contributed by atoms with Gasteiger partial charge in [-0.25, -0.2) is 9.69 Å². The molecule has 0 saturated carbocycles. The second kappa shape index (κ2) is 7.95. The predicted octanol–water partition coefficient (Wildman–Crippen LogP) is 2.77. The lowest BCUT2D eigenvalue weighted by molar-refractivity contribution is -0.116. The summed E-state index contributed by atoms with van der Waals surface area (Å²) in [7, 11) is 1.57. The number of anilines is 1. The van der Waals surface area contributed by atoms with Gasteiger partial charge in [0, 0.05) is 24.7 Å². The Hall–Kier alpha value is -3.35. The van der Waals surface area contributed by atoms with E-state index in [0.29, 0.717) is 42.9 Å². The Balaban J connectivity index is 1.40. The van der Waals surface area contributed by atoms with Gasteiger partial charge in [0.15, 0.2) is 0 Å². The number of urea groups is 1. The van der Waals surface area contributed by atoms with E-state index in [1.807, 2.05) is 6.07 Å². The lowest BCUT2D eigenvalue weighted by Gasteiger charge is -2.36. The average molecular weight is 393 g/mol. The van der Waals surface area contributed by atoms with Crippen molar-refractivity contribution in [2.45, 2.75) is 18.9 Å². The van der Waals surface area contributed by atoms with Crippen LogP contribution in [0.5, 0.6) is 5.75 Å². The van der Waals surface area contributed by atoms with Crippen molar-refractivity contribution in [2.75, 3.05) is 31.6 Å². The van der Waals surface area contributed by atoms with Gasteiger partial charge in [0.2, 0.25) is 0 Å². The standard InChI is InChI=1S/C22H23N3O4/c1-29-19-9-5-6-16(14-19)21(27)23-12-10-17(11-13-23)24-15-20(26)25(22(24)28)18-7-3-2-4-8-18/h2-9,14,17H,10-13,15H2,1H3. The van der Waals surface area contributed by atoms with Crippen LogP contribution in [0.4, 0.5) is 10.5 Å². The van der Waals surface area contributed by atoms with Crippen LogP contribution in [0.2, 0.25) is 0 Å². The third-order valence-electron chi connectivity index (χ3n) is 5.52. The summed E-state index contributed by atoms with van der Waals surface area (Å²) in [5.41, 5.74) is 1.18. The van der Waals surface area contributed by atoms with Crippen LogP contribution in [0, 0.1) is 0 Å². The molecule has 4 rings (SSSR count). The van der Waals surface area contributed by atoms with Gasteiger partial charge in [-0.3, -0.25) is 9.59 Å². The Morgan fingerprint density at radius 2 is 1.72 bits per heavy atom. The lowest BCUT2D eigenvalue weighted by Crippen LogP contribution is -2.48. The second-order valence-electron chi connectivity index (χ2n) is 7.23. The van der Waals surface area contributed by atoms with Gasteiger partial charge in [-0.1, -0.05) is 24.3 Å². The maximum absolute atomic E-state index is 12.9. The number of rotatable bonds is 4. The van der Waals surface area contributed by atoms with Crippen LogP contribution in [-0.2, 0) is 4.79 Å². The van der Waals surface area contributed by atoms with E-state index in [0.717, 1.165) is 0 Å². The first-order valence-corrected chi connectivity index (χ1v) is 9.70. The van der Waals surface area contributed by atoms with Crippen LogP contribution in [0.25, 0.3) is 0 Å². The number of ether oxygens (including phenoxy) is 1. The molecular weight excluding hydrogens is 370 g/mol. The molecule has 0 unspecified atom stereocenters. The van der Waals surface area contributed by atoms with E-state index >= 15 is 0 Å². The van der Waals surface area contributed by atoms with Gasteiger partial charge in [0.25, 0.3) is 11.8 Å². The highest BCUT2D eigenvalue weighted by atomic mass is 16.5. The zero-order chi connectivity index (χ0) is 20.4. The lowest BCUT2D eigenvalue weighted by atomic mass is 10.0. The number of amides is 4. The molecule has 29 heavy (non-hydrogen) atoms. The first-order chi connectivity index (χ1) is 14.1. The van der Waals surface area contributed by atoms with E-state index in [2.05, 4.69) is 0 Å². The molecule has 0 aromatic heterocycles. The quantitative estimate of drug-likeness (QED) is 0.749. The van der Waals surface area contributed by atoms with Crippen LogP contribution in [-0.4, -0.2) is 60.4 Å². The first-order valence-electron chi connectivity index (χ1n) is 9.70. The zero-order valence-corrected chi connectivity index (χ0v) is 16.3. The molecule has 0 aliphatic carbocycles. The zero-order valence-electron chi connectivity index (χ0n) is 16.3. The highest BCUT2D eigenvalue weighted by Crippen LogP contribution is 2.27. The molecular formula is C22H23N3O4. The SMILES string of the molecule is COc1cccc(C(=O)N2CCC(N3CC(=O)N(c4ccccc4)C3=O)CC2)c1. The Morgan fingerprint density at radius 1 is 1.00 bits per heavy atom. The van der Waals surface area contributed by atoms with Gasteiger partial charge >= 0.3 is 6.03 Å². The van der Waals surface area contributed by atoms with E-state index < -0.39 is 0 Å². The van der Waals surface area contributed by atoms with Gasteiger partial charge in [0.1, 0.15) is 12.3 Å². The Kier molecular flexibility index (Phi) is 5.20. The topological polar surface area (TPSA) is 70.2 Å². The highest BCUT2D eigenvalue weighted by Gasteiger charge is 2.41. The van der Waals surface area contributed by atoms with Crippen molar-refractivity contribution in [2.24, 2.45) is 0 Å². The van der Waals surface area contributed by atoms with Gasteiger partial charge in [-0.2, -0.15) is 0 Å². The number of para-hydroxylation sites is 1. The van der Waals surface area contributed by atoms with Crippen molar-refractivity contribution in [3.63, 3.8) is 0 Å². The predicted molar refractivity (Wildman–Crippen MR) is 108 cm³/mol. The number of methoxy groups -OCH3 is 1. The normalized spacial score (nSPS) is 17.8. The molecule has 0 radical (unpaired) electrons. The van der Waals surface area contributed by atoms with Gasteiger partial charge in [-0.15, -0.1) is 0 Å². The average Bonchev–Trinajstić information content (AvgIpc) is 3.07. The molecule has 0 bridgehead atoms. The van der Waals surface area contributed by atoms with Crippen molar-refractivity contribution in [3.05, 3.63) is 60.2 Å². The molecule has 2 aromatic carbocycles. The van der Waals surface area contributed by atoms with Crippen molar-refractivity contribution >= 4 is 23.5 Å². The van der Waals surface area contributed by atoms with Crippen molar-refractivity contribution in [1.29, 1.82) is 0 Å². The van der Waals surface area contributed by atoms with Crippen molar-refractivity contribution < 1.29 is 19.1 Å². The van der Waals surface area contributed by atoms with E-state index in [4.69, 9.17) is 4.74 Å². The third-order valence-corrected chi connectivity index (χ3v) is 5.52. The van der Waals surface area contributed by atoms with E-state index in [1.165, 1.54) is 4.90 Å². The van der Waals surface area contributed by atoms with Crippen LogP contribution in [0.1, 0.15) is 23.2 Å². The minimum Gasteiger partial charge on any atom is -0.497 e. The number of carbonyl (C=O) groups is 3. The molecule has 0 N–H and O–H groups in total. The molecule has 4 amide bonds.